The summed E-state index contributed by atoms with van der Waals surface area (Å²) in [5, 5.41) is 16.3. The Balaban J connectivity index is 2.02. The zero-order valence-corrected chi connectivity index (χ0v) is 20.9. The molecule has 2 aliphatic heterocycles. The van der Waals surface area contributed by atoms with Gasteiger partial charge < -0.3 is 25.4 Å². The topological polar surface area (TPSA) is 69.1 Å². The lowest BCUT2D eigenvalue weighted by molar-refractivity contribution is 0.0665. The SMILES string of the molecule is CC/C(C)=C/C(=C1/N=C(NCCO)C=C(NCC2CCOCC2)N1C)c1ccc(C)c(C)c1. The first kappa shape index (κ1) is 25.1. The molecule has 0 bridgehead atoms. The van der Waals surface area contributed by atoms with E-state index in [-0.39, 0.29) is 6.61 Å². The third kappa shape index (κ3) is 6.71. The molecular formula is C27H40N4O2. The molecule has 33 heavy (non-hydrogen) atoms. The van der Waals surface area contributed by atoms with Crippen LogP contribution < -0.4 is 10.6 Å². The molecule has 0 radical (unpaired) electrons. The third-order valence-electron chi connectivity index (χ3n) is 6.52. The maximum absolute atomic E-state index is 9.35. The predicted molar refractivity (Wildman–Crippen MR) is 137 cm³/mol. The highest BCUT2D eigenvalue weighted by Crippen LogP contribution is 2.30. The van der Waals surface area contributed by atoms with E-state index in [1.807, 2.05) is 6.08 Å². The number of hydrogen-bond donors (Lipinski definition) is 3. The monoisotopic (exact) mass is 452 g/mol. The van der Waals surface area contributed by atoms with Crippen molar-refractivity contribution >= 4 is 11.4 Å². The van der Waals surface area contributed by atoms with E-state index in [0.717, 1.165) is 67.6 Å². The Morgan fingerprint density at radius 3 is 2.64 bits per heavy atom. The van der Waals surface area contributed by atoms with E-state index >= 15 is 0 Å². The Morgan fingerprint density at radius 1 is 1.21 bits per heavy atom. The second kappa shape index (κ2) is 12.1. The van der Waals surface area contributed by atoms with Crippen LogP contribution >= 0.6 is 0 Å². The van der Waals surface area contributed by atoms with Crippen molar-refractivity contribution in [3.63, 3.8) is 0 Å². The van der Waals surface area contributed by atoms with Gasteiger partial charge in [-0.15, -0.1) is 0 Å². The Morgan fingerprint density at radius 2 is 1.97 bits per heavy atom. The highest BCUT2D eigenvalue weighted by molar-refractivity contribution is 5.96. The number of hydrogen-bond acceptors (Lipinski definition) is 6. The summed E-state index contributed by atoms with van der Waals surface area (Å²) in [6, 6.07) is 6.61. The Kier molecular flexibility index (Phi) is 9.15. The van der Waals surface area contributed by atoms with Gasteiger partial charge in [0.2, 0.25) is 0 Å². The highest BCUT2D eigenvalue weighted by atomic mass is 16.5. The van der Waals surface area contributed by atoms with Crippen LogP contribution in [-0.2, 0) is 4.74 Å². The van der Waals surface area contributed by atoms with Gasteiger partial charge in [0.25, 0.3) is 0 Å². The van der Waals surface area contributed by atoms with Crippen molar-refractivity contribution in [3.8, 4) is 0 Å². The van der Waals surface area contributed by atoms with Crippen LogP contribution in [0.4, 0.5) is 0 Å². The number of aryl methyl sites for hydroxylation is 2. The standard InChI is InChI=1S/C27H40N4O2/c1-6-19(2)15-24(23-8-7-20(3)21(4)16-23)27-30-25(28-11-12-32)17-26(31(27)5)29-18-22-9-13-33-14-10-22/h7-8,15-17,22,29,32H,6,9-14,18H2,1-5H3,(H,28,30)/b19-15+,27-24+. The quantitative estimate of drug-likeness (QED) is 0.554. The fourth-order valence-electron chi connectivity index (χ4n) is 3.98. The van der Waals surface area contributed by atoms with Crippen molar-refractivity contribution in [1.82, 2.24) is 15.5 Å². The van der Waals surface area contributed by atoms with Crippen molar-refractivity contribution < 1.29 is 9.84 Å². The number of aliphatic imine (C=N–C) groups is 1. The number of ether oxygens (including phenoxy) is 1. The maximum atomic E-state index is 9.35. The summed E-state index contributed by atoms with van der Waals surface area (Å²) in [4.78, 5) is 7.13. The number of rotatable bonds is 8. The molecule has 3 N–H and O–H groups in total. The highest BCUT2D eigenvalue weighted by Gasteiger charge is 2.22. The van der Waals surface area contributed by atoms with Gasteiger partial charge in [0, 0.05) is 45.0 Å². The van der Waals surface area contributed by atoms with Crippen LogP contribution in [0.25, 0.3) is 5.57 Å². The molecule has 3 rings (SSSR count). The largest absolute Gasteiger partial charge is 0.395 e. The van der Waals surface area contributed by atoms with Crippen molar-refractivity contribution in [1.29, 1.82) is 0 Å². The van der Waals surface area contributed by atoms with Gasteiger partial charge in [0.15, 0.2) is 0 Å². The van der Waals surface area contributed by atoms with Gasteiger partial charge in [0.05, 0.1) is 6.61 Å². The van der Waals surface area contributed by atoms with Gasteiger partial charge in [-0.3, -0.25) is 0 Å². The summed E-state index contributed by atoms with van der Waals surface area (Å²) in [7, 11) is 2.07. The van der Waals surface area contributed by atoms with E-state index in [1.54, 1.807) is 0 Å². The molecule has 0 atom stereocenters. The van der Waals surface area contributed by atoms with Gasteiger partial charge in [-0.2, -0.15) is 0 Å². The molecule has 1 saturated heterocycles. The summed E-state index contributed by atoms with van der Waals surface area (Å²) in [5.74, 6) is 3.27. The third-order valence-corrected chi connectivity index (χ3v) is 6.52. The first-order chi connectivity index (χ1) is 15.9. The van der Waals surface area contributed by atoms with E-state index in [9.17, 15) is 5.11 Å². The minimum atomic E-state index is 0.0610. The lowest BCUT2D eigenvalue weighted by atomic mass is 9.97. The molecule has 1 aromatic carbocycles. The number of nitrogens with zero attached hydrogens (tertiary/aromatic N) is 2. The lowest BCUT2D eigenvalue weighted by Crippen LogP contribution is -2.38. The van der Waals surface area contributed by atoms with Gasteiger partial charge in [-0.05, 0) is 62.6 Å². The first-order valence-corrected chi connectivity index (χ1v) is 12.1. The summed E-state index contributed by atoms with van der Waals surface area (Å²) >= 11 is 0. The van der Waals surface area contributed by atoms with Crippen LogP contribution in [0, 0.1) is 19.8 Å². The van der Waals surface area contributed by atoms with E-state index in [1.165, 1.54) is 16.7 Å². The minimum Gasteiger partial charge on any atom is -0.395 e. The van der Waals surface area contributed by atoms with Crippen molar-refractivity contribution in [3.05, 3.63) is 64.3 Å². The first-order valence-electron chi connectivity index (χ1n) is 12.1. The lowest BCUT2D eigenvalue weighted by Gasteiger charge is -2.32. The molecule has 0 saturated carbocycles. The van der Waals surface area contributed by atoms with Crippen molar-refractivity contribution in [2.75, 3.05) is 40.0 Å². The van der Waals surface area contributed by atoms with Gasteiger partial charge in [0.1, 0.15) is 17.5 Å². The van der Waals surface area contributed by atoms with Crippen molar-refractivity contribution in [2.45, 2.75) is 47.0 Å². The fourth-order valence-corrected chi connectivity index (χ4v) is 3.98. The Labute approximate surface area is 199 Å². The number of amidine groups is 1. The van der Waals surface area contributed by atoms with Gasteiger partial charge in [-0.25, -0.2) is 4.99 Å². The van der Waals surface area contributed by atoms with E-state index < -0.39 is 0 Å². The smallest absolute Gasteiger partial charge is 0.144 e. The number of benzene rings is 1. The summed E-state index contributed by atoms with van der Waals surface area (Å²) in [6.07, 6.45) is 7.44. The molecule has 0 amide bonds. The summed E-state index contributed by atoms with van der Waals surface area (Å²) < 4.78 is 5.52. The molecular weight excluding hydrogens is 412 g/mol. The normalized spacial score (nSPS) is 19.2. The zero-order valence-electron chi connectivity index (χ0n) is 20.9. The maximum Gasteiger partial charge on any atom is 0.144 e. The van der Waals surface area contributed by atoms with Crippen molar-refractivity contribution in [2.24, 2.45) is 10.9 Å². The number of allylic oxidation sites excluding steroid dienone is 3. The summed E-state index contributed by atoms with van der Waals surface area (Å²) in [5.41, 5.74) is 6.10. The molecule has 6 nitrogen and oxygen atoms in total. The van der Waals surface area contributed by atoms with E-state index in [2.05, 4.69) is 74.6 Å². The zero-order chi connectivity index (χ0) is 23.8. The molecule has 6 heteroatoms. The van der Waals surface area contributed by atoms with Crippen LogP contribution in [0.15, 0.2) is 52.6 Å². The van der Waals surface area contributed by atoms with Crippen LogP contribution in [-0.4, -0.2) is 55.8 Å². The van der Waals surface area contributed by atoms with E-state index in [0.29, 0.717) is 12.5 Å². The second-order valence-electron chi connectivity index (χ2n) is 9.05. The average Bonchev–Trinajstić information content (AvgIpc) is 2.83. The Bertz CT molecular complexity index is 939. The molecule has 1 aromatic rings. The molecule has 0 unspecified atom stereocenters. The van der Waals surface area contributed by atoms with Crippen LogP contribution in [0.2, 0.25) is 0 Å². The number of nitrogens with one attached hydrogen (secondary N) is 2. The molecule has 2 heterocycles. The van der Waals surface area contributed by atoms with Crippen LogP contribution in [0.3, 0.4) is 0 Å². The fraction of sp³-hybridized carbons (Fsp3) is 0.519. The second-order valence-corrected chi connectivity index (χ2v) is 9.05. The number of aliphatic hydroxyl groups excluding tert-OH is 1. The van der Waals surface area contributed by atoms with Gasteiger partial charge >= 0.3 is 0 Å². The Hall–Kier alpha value is -2.57. The number of aliphatic hydroxyl groups is 1. The molecule has 1 fully saturated rings. The molecule has 0 spiro atoms. The van der Waals surface area contributed by atoms with Crippen LogP contribution in [0.5, 0.6) is 0 Å². The molecule has 0 aliphatic carbocycles. The molecule has 0 aromatic heterocycles. The van der Waals surface area contributed by atoms with E-state index in [4.69, 9.17) is 9.73 Å². The average molecular weight is 453 g/mol. The predicted octanol–water partition coefficient (Wildman–Crippen LogP) is 4.11. The minimum absolute atomic E-state index is 0.0610. The molecule has 180 valence electrons. The van der Waals surface area contributed by atoms with Gasteiger partial charge in [-0.1, -0.05) is 36.8 Å². The molecule has 2 aliphatic rings. The summed E-state index contributed by atoms with van der Waals surface area (Å²) in [6.45, 7) is 11.7. The van der Waals surface area contributed by atoms with Crippen LogP contribution in [0.1, 0.15) is 49.8 Å².